The maximum absolute atomic E-state index is 12.6. The fourth-order valence-electron chi connectivity index (χ4n) is 3.55. The van der Waals surface area contributed by atoms with Gasteiger partial charge in [0, 0.05) is 39.3 Å². The normalized spacial score (nSPS) is 16.6. The largest absolute Gasteiger partial charge is 0.444 e. The monoisotopic (exact) mass is 559 g/mol. The first-order valence-electron chi connectivity index (χ1n) is 11.0. The van der Waals surface area contributed by atoms with Gasteiger partial charge in [-0.15, -0.1) is 24.0 Å². The Morgan fingerprint density at radius 1 is 1.22 bits per heavy atom. The number of halogens is 1. The average molecular weight is 559 g/mol. The predicted molar refractivity (Wildman–Crippen MR) is 139 cm³/mol. The number of benzene rings is 1. The van der Waals surface area contributed by atoms with Crippen LogP contribution in [0, 0.1) is 0 Å². The van der Waals surface area contributed by atoms with E-state index in [4.69, 9.17) is 4.74 Å². The molecule has 1 fully saturated rings. The number of hydrogen-bond donors (Lipinski definition) is 3. The predicted octanol–water partition coefficient (Wildman–Crippen LogP) is 3.16. The highest BCUT2D eigenvalue weighted by atomic mass is 127. The van der Waals surface area contributed by atoms with Crippen LogP contribution in [0.15, 0.2) is 29.3 Å². The number of rotatable bonds is 6. The molecule has 1 saturated heterocycles. The molecule has 1 aliphatic rings. The summed E-state index contributed by atoms with van der Waals surface area (Å²) in [5, 5.41) is 9.29. The number of nitrogens with zero attached hydrogens (tertiary/aromatic N) is 2. The van der Waals surface area contributed by atoms with E-state index in [1.807, 2.05) is 43.9 Å². The molecule has 0 spiro atoms. The SMILES string of the molecule is CN=C(NCCc1cccc(C(=O)NC)c1)NCC1CCCCN1C(=O)OC(C)(C)C.I. The molecule has 8 nitrogen and oxygen atoms in total. The fourth-order valence-corrected chi connectivity index (χ4v) is 3.55. The Bertz CT molecular complexity index is 779. The summed E-state index contributed by atoms with van der Waals surface area (Å²) in [6.07, 6.45) is 3.55. The molecule has 1 aromatic carbocycles. The Hall–Kier alpha value is -2.04. The molecule has 1 atom stereocenters. The molecule has 0 aromatic heterocycles. The second kappa shape index (κ2) is 13.5. The van der Waals surface area contributed by atoms with Crippen molar-refractivity contribution in [3.05, 3.63) is 35.4 Å². The summed E-state index contributed by atoms with van der Waals surface area (Å²) in [5.74, 6) is 0.603. The van der Waals surface area contributed by atoms with Crippen LogP contribution in [0.2, 0.25) is 0 Å². The van der Waals surface area contributed by atoms with Crippen molar-refractivity contribution in [1.29, 1.82) is 0 Å². The van der Waals surface area contributed by atoms with Crippen molar-refractivity contribution in [2.75, 3.05) is 33.7 Å². The lowest BCUT2D eigenvalue weighted by molar-refractivity contribution is 0.0104. The molecule has 9 heteroatoms. The van der Waals surface area contributed by atoms with E-state index in [9.17, 15) is 9.59 Å². The summed E-state index contributed by atoms with van der Waals surface area (Å²) in [6, 6.07) is 7.67. The molecule has 2 amide bonds. The molecule has 0 aliphatic carbocycles. The van der Waals surface area contributed by atoms with Gasteiger partial charge in [-0.2, -0.15) is 0 Å². The van der Waals surface area contributed by atoms with E-state index in [0.29, 0.717) is 24.6 Å². The Morgan fingerprint density at radius 3 is 2.62 bits per heavy atom. The molecule has 2 rings (SSSR count). The zero-order valence-corrected chi connectivity index (χ0v) is 22.2. The highest BCUT2D eigenvalue weighted by Crippen LogP contribution is 2.20. The van der Waals surface area contributed by atoms with Crippen molar-refractivity contribution in [3.63, 3.8) is 0 Å². The third-order valence-electron chi connectivity index (χ3n) is 5.11. The molecular weight excluding hydrogens is 521 g/mol. The van der Waals surface area contributed by atoms with Crippen LogP contribution in [-0.2, 0) is 11.2 Å². The number of carbonyl (C=O) groups is 2. The highest BCUT2D eigenvalue weighted by Gasteiger charge is 2.30. The van der Waals surface area contributed by atoms with Crippen molar-refractivity contribution in [2.45, 2.75) is 58.1 Å². The average Bonchev–Trinajstić information content (AvgIpc) is 2.74. The quantitative estimate of drug-likeness (QED) is 0.283. The minimum absolute atomic E-state index is 0. The minimum Gasteiger partial charge on any atom is -0.444 e. The molecule has 0 saturated carbocycles. The van der Waals surface area contributed by atoms with Gasteiger partial charge in [0.05, 0.1) is 6.04 Å². The van der Waals surface area contributed by atoms with Crippen molar-refractivity contribution >= 4 is 41.9 Å². The van der Waals surface area contributed by atoms with Crippen molar-refractivity contribution in [1.82, 2.24) is 20.9 Å². The summed E-state index contributed by atoms with van der Waals surface area (Å²) in [5.41, 5.74) is 1.23. The zero-order valence-electron chi connectivity index (χ0n) is 19.9. The third-order valence-corrected chi connectivity index (χ3v) is 5.11. The van der Waals surface area contributed by atoms with Gasteiger partial charge in [0.1, 0.15) is 5.60 Å². The Labute approximate surface area is 209 Å². The van der Waals surface area contributed by atoms with Crippen LogP contribution in [0.1, 0.15) is 56.0 Å². The number of amides is 2. The molecule has 3 N–H and O–H groups in total. The standard InChI is InChI=1S/C23H37N5O3.HI/c1-23(2,3)31-22(30)28-14-7-6-11-19(28)16-27-21(25-5)26-13-12-17-9-8-10-18(15-17)20(29)24-4;/h8-10,15,19H,6-7,11-14,16H2,1-5H3,(H,24,29)(H2,25,26,27);1H. The molecule has 1 unspecified atom stereocenters. The molecule has 1 aromatic rings. The van der Waals surface area contributed by atoms with Gasteiger partial charge in [-0.05, 0) is 64.2 Å². The van der Waals surface area contributed by atoms with Crippen molar-refractivity contribution in [2.24, 2.45) is 4.99 Å². The first kappa shape index (κ1) is 28.0. The molecule has 0 bridgehead atoms. The molecule has 1 aliphatic heterocycles. The number of hydrogen-bond acceptors (Lipinski definition) is 4. The van der Waals surface area contributed by atoms with E-state index in [1.54, 1.807) is 20.2 Å². The second-order valence-corrected chi connectivity index (χ2v) is 8.73. The molecular formula is C23H38IN5O3. The lowest BCUT2D eigenvalue weighted by atomic mass is 10.0. The van der Waals surface area contributed by atoms with Gasteiger partial charge in [0.25, 0.3) is 5.91 Å². The number of likely N-dealkylation sites (tertiary alicyclic amines) is 1. The minimum atomic E-state index is -0.501. The smallest absolute Gasteiger partial charge is 0.410 e. The van der Waals surface area contributed by atoms with Crippen molar-refractivity contribution in [3.8, 4) is 0 Å². The van der Waals surface area contributed by atoms with E-state index in [-0.39, 0.29) is 42.0 Å². The van der Waals surface area contributed by atoms with E-state index in [0.717, 1.165) is 37.8 Å². The highest BCUT2D eigenvalue weighted by molar-refractivity contribution is 14.0. The molecule has 0 radical (unpaired) electrons. The summed E-state index contributed by atoms with van der Waals surface area (Å²) < 4.78 is 5.57. The second-order valence-electron chi connectivity index (χ2n) is 8.73. The van der Waals surface area contributed by atoms with Crippen LogP contribution in [0.5, 0.6) is 0 Å². The van der Waals surface area contributed by atoms with Gasteiger partial charge in [-0.25, -0.2) is 4.79 Å². The Balaban J connectivity index is 0.00000512. The van der Waals surface area contributed by atoms with Gasteiger partial charge in [0.15, 0.2) is 5.96 Å². The van der Waals surface area contributed by atoms with Crippen LogP contribution in [0.25, 0.3) is 0 Å². The zero-order chi connectivity index (χ0) is 22.9. The fraction of sp³-hybridized carbons (Fsp3) is 0.609. The Kier molecular flexibility index (Phi) is 11.8. The summed E-state index contributed by atoms with van der Waals surface area (Å²) in [6.45, 7) is 7.67. The lowest BCUT2D eigenvalue weighted by Gasteiger charge is -2.37. The van der Waals surface area contributed by atoms with Gasteiger partial charge < -0.3 is 25.6 Å². The summed E-state index contributed by atoms with van der Waals surface area (Å²) in [4.78, 5) is 30.5. The third kappa shape index (κ3) is 9.22. The molecule has 180 valence electrons. The van der Waals surface area contributed by atoms with Crippen LogP contribution in [0.4, 0.5) is 4.79 Å². The van der Waals surface area contributed by atoms with Gasteiger partial charge in [0.2, 0.25) is 0 Å². The van der Waals surface area contributed by atoms with Crippen LogP contribution in [0.3, 0.4) is 0 Å². The van der Waals surface area contributed by atoms with Crippen LogP contribution in [-0.4, -0.2) is 68.2 Å². The number of piperidine rings is 1. The Morgan fingerprint density at radius 2 is 1.97 bits per heavy atom. The van der Waals surface area contributed by atoms with Gasteiger partial charge >= 0.3 is 6.09 Å². The topological polar surface area (TPSA) is 95.1 Å². The van der Waals surface area contributed by atoms with Crippen LogP contribution >= 0.6 is 24.0 Å². The maximum atomic E-state index is 12.6. The number of aliphatic imine (C=N–C) groups is 1. The first-order chi connectivity index (χ1) is 14.7. The van der Waals surface area contributed by atoms with E-state index in [1.165, 1.54) is 0 Å². The van der Waals surface area contributed by atoms with E-state index >= 15 is 0 Å². The lowest BCUT2D eigenvalue weighted by Crippen LogP contribution is -2.52. The number of nitrogens with one attached hydrogen (secondary N) is 3. The molecule has 1 heterocycles. The summed E-state index contributed by atoms with van der Waals surface area (Å²) in [7, 11) is 3.36. The number of carbonyl (C=O) groups excluding carboxylic acids is 2. The first-order valence-corrected chi connectivity index (χ1v) is 11.0. The maximum Gasteiger partial charge on any atom is 0.410 e. The van der Waals surface area contributed by atoms with E-state index < -0.39 is 5.60 Å². The number of guanidine groups is 1. The van der Waals surface area contributed by atoms with Gasteiger partial charge in [-0.3, -0.25) is 9.79 Å². The molecule has 32 heavy (non-hydrogen) atoms. The van der Waals surface area contributed by atoms with Gasteiger partial charge in [-0.1, -0.05) is 12.1 Å². The summed E-state index contributed by atoms with van der Waals surface area (Å²) >= 11 is 0. The van der Waals surface area contributed by atoms with E-state index in [2.05, 4.69) is 20.9 Å². The van der Waals surface area contributed by atoms with Crippen molar-refractivity contribution < 1.29 is 14.3 Å². The van der Waals surface area contributed by atoms with Crippen LogP contribution < -0.4 is 16.0 Å². The number of ether oxygens (including phenoxy) is 1.